The SMILES string of the molecule is CC.CC.CC(C)(C)CC(C)(C)CC(N)=O. The van der Waals surface area contributed by atoms with E-state index in [9.17, 15) is 4.79 Å². The Hall–Kier alpha value is -0.530. The predicted octanol–water partition coefficient (Wildman–Crippen LogP) is 4.38. The molecule has 100 valence electrons. The first-order chi connectivity index (χ1) is 7.12. The average Bonchev–Trinajstić information content (AvgIpc) is 2.04. The average molecular weight is 231 g/mol. The number of nitrogens with two attached hydrogens (primary N) is 1. The van der Waals surface area contributed by atoms with Crippen LogP contribution in [0.15, 0.2) is 0 Å². The Bertz CT molecular complexity index is 166. The minimum absolute atomic E-state index is 0.0318. The summed E-state index contributed by atoms with van der Waals surface area (Å²) in [7, 11) is 0. The summed E-state index contributed by atoms with van der Waals surface area (Å²) in [6, 6.07) is 0. The molecule has 0 saturated heterocycles. The van der Waals surface area contributed by atoms with Gasteiger partial charge in [0.2, 0.25) is 5.91 Å². The van der Waals surface area contributed by atoms with E-state index >= 15 is 0 Å². The van der Waals surface area contributed by atoms with Gasteiger partial charge in [0.25, 0.3) is 0 Å². The molecule has 2 nitrogen and oxygen atoms in total. The lowest BCUT2D eigenvalue weighted by atomic mass is 9.74. The number of hydrogen-bond acceptors (Lipinski definition) is 1. The Morgan fingerprint density at radius 1 is 0.938 bits per heavy atom. The molecule has 0 saturated carbocycles. The second kappa shape index (κ2) is 9.68. The van der Waals surface area contributed by atoms with Crippen molar-refractivity contribution in [3.05, 3.63) is 0 Å². The topological polar surface area (TPSA) is 43.1 Å². The van der Waals surface area contributed by atoms with Gasteiger partial charge in [0, 0.05) is 6.42 Å². The third-order valence-electron chi connectivity index (χ3n) is 1.66. The largest absolute Gasteiger partial charge is 0.370 e. The third kappa shape index (κ3) is 19.1. The molecule has 0 aliphatic carbocycles. The smallest absolute Gasteiger partial charge is 0.217 e. The van der Waals surface area contributed by atoms with Gasteiger partial charge < -0.3 is 5.73 Å². The van der Waals surface area contributed by atoms with Crippen LogP contribution in [0.4, 0.5) is 0 Å². The quantitative estimate of drug-likeness (QED) is 0.769. The normalized spacial score (nSPS) is 10.6. The number of amides is 1. The third-order valence-corrected chi connectivity index (χ3v) is 1.66. The highest BCUT2D eigenvalue weighted by atomic mass is 16.1. The Morgan fingerprint density at radius 2 is 1.25 bits per heavy atom. The zero-order valence-corrected chi connectivity index (χ0v) is 12.9. The molecule has 2 N–H and O–H groups in total. The van der Waals surface area contributed by atoms with Crippen molar-refractivity contribution in [3.63, 3.8) is 0 Å². The molecular formula is C14H33NO. The Balaban J connectivity index is -0.000000376. The Labute approximate surface area is 103 Å². The molecule has 0 aromatic heterocycles. The Morgan fingerprint density at radius 3 is 1.44 bits per heavy atom. The summed E-state index contributed by atoms with van der Waals surface area (Å²) in [6.07, 6.45) is 1.49. The summed E-state index contributed by atoms with van der Waals surface area (Å²) < 4.78 is 0. The first-order valence-electron chi connectivity index (χ1n) is 6.41. The first kappa shape index (κ1) is 20.8. The fraction of sp³-hybridized carbons (Fsp3) is 0.929. The van der Waals surface area contributed by atoms with Crippen molar-refractivity contribution in [1.82, 2.24) is 0 Å². The molecule has 0 rings (SSSR count). The molecule has 0 spiro atoms. The van der Waals surface area contributed by atoms with E-state index in [1.165, 1.54) is 0 Å². The van der Waals surface area contributed by atoms with E-state index in [0.29, 0.717) is 6.42 Å². The summed E-state index contributed by atoms with van der Waals surface area (Å²) in [5.41, 5.74) is 5.45. The predicted molar refractivity (Wildman–Crippen MR) is 74.4 cm³/mol. The number of rotatable bonds is 3. The van der Waals surface area contributed by atoms with Crippen molar-refractivity contribution in [1.29, 1.82) is 0 Å². The lowest BCUT2D eigenvalue weighted by Crippen LogP contribution is -2.26. The van der Waals surface area contributed by atoms with E-state index in [2.05, 4.69) is 34.6 Å². The van der Waals surface area contributed by atoms with E-state index in [0.717, 1.165) is 6.42 Å². The fourth-order valence-corrected chi connectivity index (χ4v) is 1.97. The van der Waals surface area contributed by atoms with Crippen LogP contribution in [0.5, 0.6) is 0 Å². The molecule has 0 radical (unpaired) electrons. The highest BCUT2D eigenvalue weighted by Crippen LogP contribution is 2.35. The van der Waals surface area contributed by atoms with Gasteiger partial charge in [-0.25, -0.2) is 0 Å². The molecule has 0 aliphatic rings. The van der Waals surface area contributed by atoms with Crippen LogP contribution in [0.1, 0.15) is 75.2 Å². The molecule has 0 heterocycles. The molecule has 0 aromatic rings. The van der Waals surface area contributed by atoms with Gasteiger partial charge in [-0.1, -0.05) is 62.3 Å². The summed E-state index contributed by atoms with van der Waals surface area (Å²) in [5, 5.41) is 0. The lowest BCUT2D eigenvalue weighted by Gasteiger charge is -2.31. The summed E-state index contributed by atoms with van der Waals surface area (Å²) in [4.78, 5) is 10.7. The van der Waals surface area contributed by atoms with Gasteiger partial charge in [-0.3, -0.25) is 4.79 Å². The maximum absolute atomic E-state index is 10.7. The van der Waals surface area contributed by atoms with E-state index in [1.54, 1.807) is 0 Å². The van der Waals surface area contributed by atoms with Crippen LogP contribution in [0.3, 0.4) is 0 Å². The fourth-order valence-electron chi connectivity index (χ4n) is 1.97. The van der Waals surface area contributed by atoms with Crippen LogP contribution in [0.2, 0.25) is 0 Å². The molecular weight excluding hydrogens is 198 g/mol. The van der Waals surface area contributed by atoms with E-state index in [-0.39, 0.29) is 16.7 Å². The second-order valence-electron chi connectivity index (χ2n) is 5.54. The monoisotopic (exact) mass is 231 g/mol. The molecule has 0 unspecified atom stereocenters. The van der Waals surface area contributed by atoms with Gasteiger partial charge in [-0.2, -0.15) is 0 Å². The van der Waals surface area contributed by atoms with Crippen molar-refractivity contribution in [2.75, 3.05) is 0 Å². The van der Waals surface area contributed by atoms with Gasteiger partial charge in [-0.15, -0.1) is 0 Å². The van der Waals surface area contributed by atoms with Crippen LogP contribution < -0.4 is 5.73 Å². The Kier molecular flexibility index (Phi) is 12.6. The maximum atomic E-state index is 10.7. The number of hydrogen-bond donors (Lipinski definition) is 1. The molecule has 16 heavy (non-hydrogen) atoms. The standard InChI is InChI=1S/C10H21NO.2C2H6/c1-9(2,3)7-10(4,5)6-8(11)12;2*1-2/h6-7H2,1-5H3,(H2,11,12);2*1-2H3. The van der Waals surface area contributed by atoms with Gasteiger partial charge in [-0.05, 0) is 17.3 Å². The van der Waals surface area contributed by atoms with E-state index in [1.807, 2.05) is 27.7 Å². The number of primary amides is 1. The highest BCUT2D eigenvalue weighted by molar-refractivity contribution is 5.74. The maximum Gasteiger partial charge on any atom is 0.217 e. The van der Waals surface area contributed by atoms with Crippen molar-refractivity contribution in [3.8, 4) is 0 Å². The lowest BCUT2D eigenvalue weighted by molar-refractivity contribution is -0.120. The van der Waals surface area contributed by atoms with Gasteiger partial charge in [0.15, 0.2) is 0 Å². The van der Waals surface area contributed by atoms with E-state index < -0.39 is 0 Å². The van der Waals surface area contributed by atoms with Crippen LogP contribution >= 0.6 is 0 Å². The van der Waals surface area contributed by atoms with Gasteiger partial charge in [0.1, 0.15) is 0 Å². The zero-order valence-electron chi connectivity index (χ0n) is 12.9. The molecule has 2 heteroatoms. The van der Waals surface area contributed by atoms with Crippen molar-refractivity contribution >= 4 is 5.91 Å². The minimum atomic E-state index is -0.204. The van der Waals surface area contributed by atoms with Crippen molar-refractivity contribution in [2.24, 2.45) is 16.6 Å². The van der Waals surface area contributed by atoms with Crippen molar-refractivity contribution < 1.29 is 4.79 Å². The second-order valence-corrected chi connectivity index (χ2v) is 5.54. The first-order valence-corrected chi connectivity index (χ1v) is 6.41. The summed E-state index contributed by atoms with van der Waals surface area (Å²) in [5.74, 6) is -0.204. The number of carbonyl (C=O) groups is 1. The molecule has 0 aromatic carbocycles. The van der Waals surface area contributed by atoms with E-state index in [4.69, 9.17) is 5.73 Å². The number of carbonyl (C=O) groups excluding carboxylic acids is 1. The van der Waals surface area contributed by atoms with Crippen LogP contribution in [-0.2, 0) is 4.79 Å². The van der Waals surface area contributed by atoms with Crippen molar-refractivity contribution in [2.45, 2.75) is 75.2 Å². The summed E-state index contributed by atoms with van der Waals surface area (Å²) in [6.45, 7) is 18.7. The summed E-state index contributed by atoms with van der Waals surface area (Å²) >= 11 is 0. The molecule has 0 bridgehead atoms. The minimum Gasteiger partial charge on any atom is -0.370 e. The van der Waals surface area contributed by atoms with Crippen LogP contribution in [-0.4, -0.2) is 5.91 Å². The van der Waals surface area contributed by atoms with Gasteiger partial charge in [0.05, 0.1) is 0 Å². The molecule has 0 aliphatic heterocycles. The zero-order chi connectivity index (χ0) is 14.0. The van der Waals surface area contributed by atoms with Gasteiger partial charge >= 0.3 is 0 Å². The van der Waals surface area contributed by atoms with Crippen LogP contribution in [0, 0.1) is 10.8 Å². The molecule has 1 amide bonds. The molecule has 0 atom stereocenters. The molecule has 0 fully saturated rings. The highest BCUT2D eigenvalue weighted by Gasteiger charge is 2.26. The van der Waals surface area contributed by atoms with Crippen LogP contribution in [0.25, 0.3) is 0 Å².